The lowest BCUT2D eigenvalue weighted by Crippen LogP contribution is -2.44. The lowest BCUT2D eigenvalue weighted by molar-refractivity contribution is -0.127. The normalized spacial score (nSPS) is 16.7. The van der Waals surface area contributed by atoms with Gasteiger partial charge in [-0.25, -0.2) is 9.64 Å². The van der Waals surface area contributed by atoms with E-state index in [1.807, 2.05) is 6.92 Å². The lowest BCUT2D eigenvalue weighted by atomic mass is 9.90. The highest BCUT2D eigenvalue weighted by molar-refractivity contribution is 5.89. The summed E-state index contributed by atoms with van der Waals surface area (Å²) in [6.07, 6.45) is 0. The van der Waals surface area contributed by atoms with Crippen molar-refractivity contribution in [2.45, 2.75) is 6.92 Å². The molecule has 0 spiro atoms. The standard InChI is InChI=1S/C13H13NO3/c1-13(7-16-8-13)9-17-12(15)10-3-5-11(14-2)6-4-10/h3-6H,7-9H2,1H3. The van der Waals surface area contributed by atoms with Crippen molar-refractivity contribution in [3.8, 4) is 0 Å². The molecule has 4 heteroatoms. The van der Waals surface area contributed by atoms with Crippen LogP contribution in [0.3, 0.4) is 0 Å². The van der Waals surface area contributed by atoms with E-state index in [1.165, 1.54) is 0 Å². The van der Waals surface area contributed by atoms with Crippen LogP contribution >= 0.6 is 0 Å². The molecule has 0 unspecified atom stereocenters. The predicted octanol–water partition coefficient (Wildman–Crippen LogP) is 2.43. The van der Waals surface area contributed by atoms with Crippen LogP contribution in [-0.4, -0.2) is 25.8 Å². The highest BCUT2D eigenvalue weighted by Crippen LogP contribution is 2.27. The number of esters is 1. The maximum atomic E-state index is 11.7. The molecule has 0 bridgehead atoms. The highest BCUT2D eigenvalue weighted by Gasteiger charge is 2.34. The molecule has 17 heavy (non-hydrogen) atoms. The smallest absolute Gasteiger partial charge is 0.338 e. The summed E-state index contributed by atoms with van der Waals surface area (Å²) in [4.78, 5) is 15.0. The molecule has 1 aromatic rings. The van der Waals surface area contributed by atoms with Crippen LogP contribution in [0.25, 0.3) is 4.85 Å². The van der Waals surface area contributed by atoms with Gasteiger partial charge in [-0.15, -0.1) is 0 Å². The zero-order chi connectivity index (χ0) is 12.3. The molecule has 1 aliphatic heterocycles. The van der Waals surface area contributed by atoms with Crippen molar-refractivity contribution in [2.75, 3.05) is 19.8 Å². The minimum atomic E-state index is -0.352. The fraction of sp³-hybridized carbons (Fsp3) is 0.385. The minimum Gasteiger partial charge on any atom is -0.461 e. The van der Waals surface area contributed by atoms with E-state index in [-0.39, 0.29) is 11.4 Å². The van der Waals surface area contributed by atoms with Crippen LogP contribution < -0.4 is 0 Å². The number of hydrogen-bond donors (Lipinski definition) is 0. The number of carbonyl (C=O) groups excluding carboxylic acids is 1. The summed E-state index contributed by atoms with van der Waals surface area (Å²) in [5.41, 5.74) is 0.952. The first-order valence-electron chi connectivity index (χ1n) is 5.35. The van der Waals surface area contributed by atoms with E-state index in [0.29, 0.717) is 31.1 Å². The highest BCUT2D eigenvalue weighted by atomic mass is 16.5. The summed E-state index contributed by atoms with van der Waals surface area (Å²) in [6.45, 7) is 10.5. The molecular formula is C13H13NO3. The van der Waals surface area contributed by atoms with Gasteiger partial charge in [0, 0.05) is 5.41 Å². The van der Waals surface area contributed by atoms with Gasteiger partial charge in [0.25, 0.3) is 0 Å². The van der Waals surface area contributed by atoms with Crippen LogP contribution in [-0.2, 0) is 9.47 Å². The Labute approximate surface area is 100.0 Å². The maximum absolute atomic E-state index is 11.7. The van der Waals surface area contributed by atoms with Gasteiger partial charge in [-0.3, -0.25) is 0 Å². The Morgan fingerprint density at radius 3 is 2.59 bits per heavy atom. The second-order valence-corrected chi connectivity index (χ2v) is 4.54. The molecule has 4 nitrogen and oxygen atoms in total. The van der Waals surface area contributed by atoms with Crippen LogP contribution in [0.5, 0.6) is 0 Å². The molecule has 2 rings (SSSR count). The topological polar surface area (TPSA) is 39.9 Å². The van der Waals surface area contributed by atoms with Gasteiger partial charge in [-0.1, -0.05) is 31.2 Å². The maximum Gasteiger partial charge on any atom is 0.338 e. The van der Waals surface area contributed by atoms with E-state index < -0.39 is 0 Å². The third kappa shape index (κ3) is 2.63. The third-order valence-corrected chi connectivity index (χ3v) is 2.68. The van der Waals surface area contributed by atoms with Gasteiger partial charge >= 0.3 is 5.97 Å². The van der Waals surface area contributed by atoms with Crippen LogP contribution in [0, 0.1) is 12.0 Å². The number of nitrogens with zero attached hydrogens (tertiary/aromatic N) is 1. The van der Waals surface area contributed by atoms with Crippen LogP contribution in [0.4, 0.5) is 5.69 Å². The summed E-state index contributed by atoms with van der Waals surface area (Å²) < 4.78 is 10.3. The Balaban J connectivity index is 1.93. The molecular weight excluding hydrogens is 218 g/mol. The zero-order valence-electron chi connectivity index (χ0n) is 9.60. The van der Waals surface area contributed by atoms with Crippen molar-refractivity contribution in [2.24, 2.45) is 5.41 Å². The average Bonchev–Trinajstić information content (AvgIpc) is 2.33. The second-order valence-electron chi connectivity index (χ2n) is 4.54. The Kier molecular flexibility index (Phi) is 3.12. The van der Waals surface area contributed by atoms with Crippen LogP contribution in [0.2, 0.25) is 0 Å². The van der Waals surface area contributed by atoms with Gasteiger partial charge in [-0.05, 0) is 0 Å². The quantitative estimate of drug-likeness (QED) is 0.592. The van der Waals surface area contributed by atoms with E-state index in [0.717, 1.165) is 0 Å². The van der Waals surface area contributed by atoms with E-state index in [1.54, 1.807) is 24.3 Å². The van der Waals surface area contributed by atoms with Crippen molar-refractivity contribution in [3.63, 3.8) is 0 Å². The number of hydrogen-bond acceptors (Lipinski definition) is 3. The lowest BCUT2D eigenvalue weighted by Gasteiger charge is -2.37. The van der Waals surface area contributed by atoms with Crippen LogP contribution in [0.15, 0.2) is 24.3 Å². The summed E-state index contributed by atoms with van der Waals surface area (Å²) in [7, 11) is 0. The van der Waals surface area contributed by atoms with Crippen molar-refractivity contribution in [3.05, 3.63) is 41.2 Å². The van der Waals surface area contributed by atoms with Gasteiger partial charge in [0.15, 0.2) is 5.69 Å². The molecule has 0 aliphatic carbocycles. The first-order valence-corrected chi connectivity index (χ1v) is 5.35. The largest absolute Gasteiger partial charge is 0.461 e. The van der Waals surface area contributed by atoms with Gasteiger partial charge in [0.1, 0.15) is 6.61 Å². The number of benzene rings is 1. The fourth-order valence-corrected chi connectivity index (χ4v) is 1.53. The Bertz CT molecular complexity index is 455. The first kappa shape index (κ1) is 11.6. The Morgan fingerprint density at radius 1 is 1.47 bits per heavy atom. The predicted molar refractivity (Wildman–Crippen MR) is 61.9 cm³/mol. The van der Waals surface area contributed by atoms with Crippen molar-refractivity contribution >= 4 is 11.7 Å². The Morgan fingerprint density at radius 2 is 2.12 bits per heavy atom. The third-order valence-electron chi connectivity index (χ3n) is 2.68. The first-order chi connectivity index (χ1) is 8.13. The van der Waals surface area contributed by atoms with Gasteiger partial charge in [0.2, 0.25) is 0 Å². The van der Waals surface area contributed by atoms with Gasteiger partial charge in [-0.2, -0.15) is 0 Å². The molecule has 1 saturated heterocycles. The van der Waals surface area contributed by atoms with Crippen molar-refractivity contribution in [1.29, 1.82) is 0 Å². The van der Waals surface area contributed by atoms with E-state index in [9.17, 15) is 4.79 Å². The average molecular weight is 231 g/mol. The van der Waals surface area contributed by atoms with Gasteiger partial charge < -0.3 is 9.47 Å². The minimum absolute atomic E-state index is 0.0356. The number of ether oxygens (including phenoxy) is 2. The number of carbonyl (C=O) groups is 1. The second kappa shape index (κ2) is 4.56. The molecule has 0 aromatic heterocycles. The molecule has 0 N–H and O–H groups in total. The summed E-state index contributed by atoms with van der Waals surface area (Å²) in [5, 5.41) is 0. The van der Waals surface area contributed by atoms with E-state index in [2.05, 4.69) is 4.85 Å². The fourth-order valence-electron chi connectivity index (χ4n) is 1.53. The van der Waals surface area contributed by atoms with E-state index >= 15 is 0 Å². The zero-order valence-corrected chi connectivity index (χ0v) is 9.60. The molecule has 0 saturated carbocycles. The SMILES string of the molecule is [C-]#[N+]c1ccc(C(=O)OCC2(C)COC2)cc1. The van der Waals surface area contributed by atoms with Crippen molar-refractivity contribution in [1.82, 2.24) is 0 Å². The van der Waals surface area contributed by atoms with Crippen molar-refractivity contribution < 1.29 is 14.3 Å². The summed E-state index contributed by atoms with van der Waals surface area (Å²) in [6, 6.07) is 6.43. The molecule has 0 atom stereocenters. The van der Waals surface area contributed by atoms with Gasteiger partial charge in [0.05, 0.1) is 25.3 Å². The number of rotatable bonds is 3. The molecule has 1 aliphatic rings. The molecule has 1 heterocycles. The summed E-state index contributed by atoms with van der Waals surface area (Å²) >= 11 is 0. The molecule has 1 fully saturated rings. The molecule has 0 radical (unpaired) electrons. The monoisotopic (exact) mass is 231 g/mol. The molecule has 88 valence electrons. The van der Waals surface area contributed by atoms with Crippen LogP contribution in [0.1, 0.15) is 17.3 Å². The molecule has 0 amide bonds. The Hall–Kier alpha value is -1.86. The molecule has 1 aromatic carbocycles. The van der Waals surface area contributed by atoms with E-state index in [4.69, 9.17) is 16.0 Å². The summed E-state index contributed by atoms with van der Waals surface area (Å²) in [5.74, 6) is -0.352.